The molecule has 3 rings (SSSR count). The summed E-state index contributed by atoms with van der Waals surface area (Å²) in [5.74, 6) is 1.05. The van der Waals surface area contributed by atoms with E-state index in [2.05, 4.69) is 49.3 Å². The normalized spacial score (nSPS) is 14.9. The number of thiazole rings is 1. The Kier molecular flexibility index (Phi) is 3.76. The molecule has 1 N–H and O–H groups in total. The summed E-state index contributed by atoms with van der Waals surface area (Å²) in [6.07, 6.45) is 1.03. The number of ether oxygens (including phenoxy) is 1. The van der Waals surface area contributed by atoms with Crippen molar-refractivity contribution in [3.05, 3.63) is 44.9 Å². The maximum atomic E-state index is 5.54. The minimum Gasteiger partial charge on any atom is -0.493 e. The summed E-state index contributed by atoms with van der Waals surface area (Å²) in [7, 11) is 0. The third-order valence-electron chi connectivity index (χ3n) is 3.70. The van der Waals surface area contributed by atoms with Crippen LogP contribution in [0.3, 0.4) is 0 Å². The first-order valence-electron chi connectivity index (χ1n) is 7.05. The Labute approximate surface area is 124 Å². The van der Waals surface area contributed by atoms with Crippen molar-refractivity contribution >= 4 is 11.3 Å². The summed E-state index contributed by atoms with van der Waals surface area (Å²) in [6, 6.07) is 6.83. The van der Waals surface area contributed by atoms with E-state index in [1.165, 1.54) is 16.0 Å². The van der Waals surface area contributed by atoms with Crippen LogP contribution >= 0.6 is 11.3 Å². The van der Waals surface area contributed by atoms with Crippen LogP contribution in [-0.2, 0) is 13.0 Å². The molecule has 1 aliphatic rings. The molecule has 1 unspecified atom stereocenters. The fraction of sp³-hybridized carbons (Fsp3) is 0.438. The van der Waals surface area contributed by atoms with Crippen molar-refractivity contribution in [3.63, 3.8) is 0 Å². The zero-order valence-electron chi connectivity index (χ0n) is 12.2. The number of rotatable bonds is 4. The van der Waals surface area contributed by atoms with Gasteiger partial charge in [-0.05, 0) is 38.0 Å². The van der Waals surface area contributed by atoms with Gasteiger partial charge in [0.1, 0.15) is 5.75 Å². The lowest BCUT2D eigenvalue weighted by Gasteiger charge is -2.13. The zero-order chi connectivity index (χ0) is 14.1. The molecule has 0 radical (unpaired) electrons. The van der Waals surface area contributed by atoms with Crippen molar-refractivity contribution in [3.8, 4) is 5.75 Å². The minimum atomic E-state index is 0.339. The Morgan fingerprint density at radius 2 is 2.25 bits per heavy atom. The monoisotopic (exact) mass is 288 g/mol. The van der Waals surface area contributed by atoms with Crippen molar-refractivity contribution in [2.45, 2.75) is 39.8 Å². The van der Waals surface area contributed by atoms with Crippen LogP contribution in [0.5, 0.6) is 5.75 Å². The van der Waals surface area contributed by atoms with E-state index in [-0.39, 0.29) is 0 Å². The van der Waals surface area contributed by atoms with E-state index in [9.17, 15) is 0 Å². The second-order valence-corrected chi connectivity index (χ2v) is 6.56. The molecule has 0 saturated heterocycles. The Hall–Kier alpha value is -1.39. The summed E-state index contributed by atoms with van der Waals surface area (Å²) in [5.41, 5.74) is 3.80. The lowest BCUT2D eigenvalue weighted by molar-refractivity contribution is 0.357. The summed E-state index contributed by atoms with van der Waals surface area (Å²) in [5, 5.41) is 4.73. The van der Waals surface area contributed by atoms with Crippen molar-refractivity contribution < 1.29 is 4.74 Å². The van der Waals surface area contributed by atoms with E-state index in [1.54, 1.807) is 11.3 Å². The Bertz CT molecular complexity index is 621. The Balaban J connectivity index is 1.66. The SMILES string of the molecule is Cc1nc(C)c(C(C)NCc2ccc3c(c2)CCO3)s1. The standard InChI is InChI=1S/C16H20N2OS/c1-10(16-11(2)18-12(3)20-16)17-9-13-4-5-15-14(8-13)6-7-19-15/h4-5,8,10,17H,6-7,9H2,1-3H3. The molecule has 0 saturated carbocycles. The first-order valence-corrected chi connectivity index (χ1v) is 7.87. The molecule has 1 aromatic carbocycles. The highest BCUT2D eigenvalue weighted by Crippen LogP contribution is 2.27. The molecule has 0 amide bonds. The number of hydrogen-bond acceptors (Lipinski definition) is 4. The molecule has 0 bridgehead atoms. The van der Waals surface area contributed by atoms with Crippen LogP contribution in [0.15, 0.2) is 18.2 Å². The van der Waals surface area contributed by atoms with Gasteiger partial charge in [0.25, 0.3) is 0 Å². The molecule has 4 heteroatoms. The molecule has 0 aliphatic carbocycles. The number of nitrogens with zero attached hydrogens (tertiary/aromatic N) is 1. The van der Waals surface area contributed by atoms with Crippen molar-refractivity contribution in [2.75, 3.05) is 6.61 Å². The van der Waals surface area contributed by atoms with Gasteiger partial charge < -0.3 is 10.1 Å². The van der Waals surface area contributed by atoms with Gasteiger partial charge >= 0.3 is 0 Å². The quantitative estimate of drug-likeness (QED) is 0.934. The molecule has 106 valence electrons. The number of aromatic nitrogens is 1. The van der Waals surface area contributed by atoms with Crippen LogP contribution in [0.4, 0.5) is 0 Å². The van der Waals surface area contributed by atoms with Gasteiger partial charge in [0.15, 0.2) is 0 Å². The summed E-state index contributed by atoms with van der Waals surface area (Å²) >= 11 is 1.78. The molecule has 20 heavy (non-hydrogen) atoms. The molecule has 2 aromatic rings. The lowest BCUT2D eigenvalue weighted by atomic mass is 10.1. The van der Waals surface area contributed by atoms with E-state index in [1.807, 2.05) is 0 Å². The van der Waals surface area contributed by atoms with E-state index in [0.717, 1.165) is 36.0 Å². The van der Waals surface area contributed by atoms with Gasteiger partial charge in [-0.2, -0.15) is 0 Å². The first kappa shape index (κ1) is 13.6. The average Bonchev–Trinajstić information content (AvgIpc) is 3.01. The maximum Gasteiger partial charge on any atom is 0.122 e. The molecular formula is C16H20N2OS. The van der Waals surface area contributed by atoms with E-state index >= 15 is 0 Å². The highest BCUT2D eigenvalue weighted by Gasteiger charge is 2.14. The Morgan fingerprint density at radius 3 is 3.00 bits per heavy atom. The molecule has 1 aliphatic heterocycles. The van der Waals surface area contributed by atoms with Crippen LogP contribution in [-0.4, -0.2) is 11.6 Å². The van der Waals surface area contributed by atoms with E-state index in [0.29, 0.717) is 6.04 Å². The second-order valence-electron chi connectivity index (χ2n) is 5.33. The highest BCUT2D eigenvalue weighted by molar-refractivity contribution is 7.11. The number of nitrogens with one attached hydrogen (secondary N) is 1. The van der Waals surface area contributed by atoms with Crippen molar-refractivity contribution in [1.29, 1.82) is 0 Å². The van der Waals surface area contributed by atoms with Gasteiger partial charge in [0.2, 0.25) is 0 Å². The summed E-state index contributed by atoms with van der Waals surface area (Å²) < 4.78 is 5.54. The zero-order valence-corrected chi connectivity index (χ0v) is 13.0. The molecule has 0 spiro atoms. The number of hydrogen-bond donors (Lipinski definition) is 1. The van der Waals surface area contributed by atoms with Gasteiger partial charge in [0, 0.05) is 23.9 Å². The van der Waals surface area contributed by atoms with Crippen LogP contribution in [0.2, 0.25) is 0 Å². The number of benzene rings is 1. The van der Waals surface area contributed by atoms with E-state index < -0.39 is 0 Å². The average molecular weight is 288 g/mol. The van der Waals surface area contributed by atoms with Gasteiger partial charge in [0.05, 0.1) is 17.3 Å². The summed E-state index contributed by atoms with van der Waals surface area (Å²) in [4.78, 5) is 5.84. The predicted molar refractivity (Wildman–Crippen MR) is 82.5 cm³/mol. The van der Waals surface area contributed by atoms with Crippen LogP contribution in [0.25, 0.3) is 0 Å². The highest BCUT2D eigenvalue weighted by atomic mass is 32.1. The van der Waals surface area contributed by atoms with Crippen LogP contribution in [0, 0.1) is 13.8 Å². The molecular weight excluding hydrogens is 268 g/mol. The molecule has 1 aromatic heterocycles. The molecule has 2 heterocycles. The maximum absolute atomic E-state index is 5.54. The molecule has 3 nitrogen and oxygen atoms in total. The van der Waals surface area contributed by atoms with Gasteiger partial charge in [-0.25, -0.2) is 4.98 Å². The van der Waals surface area contributed by atoms with Crippen LogP contribution in [0.1, 0.15) is 39.7 Å². The van der Waals surface area contributed by atoms with Gasteiger partial charge in [-0.15, -0.1) is 11.3 Å². The summed E-state index contributed by atoms with van der Waals surface area (Å²) in [6.45, 7) is 8.06. The van der Waals surface area contributed by atoms with Crippen molar-refractivity contribution in [1.82, 2.24) is 10.3 Å². The van der Waals surface area contributed by atoms with Gasteiger partial charge in [-0.3, -0.25) is 0 Å². The molecule has 0 fully saturated rings. The lowest BCUT2D eigenvalue weighted by Crippen LogP contribution is -2.18. The first-order chi connectivity index (χ1) is 9.63. The third-order valence-corrected chi connectivity index (χ3v) is 4.95. The molecule has 1 atom stereocenters. The van der Waals surface area contributed by atoms with Crippen LogP contribution < -0.4 is 10.1 Å². The van der Waals surface area contributed by atoms with Gasteiger partial charge in [-0.1, -0.05) is 12.1 Å². The number of fused-ring (bicyclic) bond motifs is 1. The fourth-order valence-corrected chi connectivity index (χ4v) is 3.62. The third kappa shape index (κ3) is 2.72. The largest absolute Gasteiger partial charge is 0.493 e. The number of aryl methyl sites for hydroxylation is 2. The van der Waals surface area contributed by atoms with Crippen molar-refractivity contribution in [2.24, 2.45) is 0 Å². The second kappa shape index (κ2) is 5.54. The minimum absolute atomic E-state index is 0.339. The fourth-order valence-electron chi connectivity index (χ4n) is 2.66. The predicted octanol–water partition coefficient (Wildman–Crippen LogP) is 3.55. The smallest absolute Gasteiger partial charge is 0.122 e. The topological polar surface area (TPSA) is 34.2 Å². The van der Waals surface area contributed by atoms with E-state index in [4.69, 9.17) is 4.74 Å². The Morgan fingerprint density at radius 1 is 1.40 bits per heavy atom.